The van der Waals surface area contributed by atoms with Crippen LogP contribution in [-0.4, -0.2) is 18.1 Å². The van der Waals surface area contributed by atoms with Gasteiger partial charge in [-0.05, 0) is 31.1 Å². The van der Waals surface area contributed by atoms with Crippen LogP contribution in [0.4, 0.5) is 14.6 Å². The molecule has 0 radical (unpaired) electrons. The molecule has 5 heteroatoms. The molecule has 19 heavy (non-hydrogen) atoms. The summed E-state index contributed by atoms with van der Waals surface area (Å²) in [5, 5.41) is 2.58. The van der Waals surface area contributed by atoms with Gasteiger partial charge in [0.05, 0.1) is 0 Å². The highest BCUT2D eigenvalue weighted by Gasteiger charge is 2.28. The molecule has 3 nitrogen and oxygen atoms in total. The summed E-state index contributed by atoms with van der Waals surface area (Å²) in [7, 11) is 1.54. The van der Waals surface area contributed by atoms with Gasteiger partial charge in [0.2, 0.25) is 0 Å². The lowest BCUT2D eigenvalue weighted by Gasteiger charge is -2.34. The molecule has 0 atom stereocenters. The Bertz CT molecular complexity index is 453. The fraction of sp³-hybridized carbons (Fsp3) is 0.643. The largest absolute Gasteiger partial charge is 0.472 e. The monoisotopic (exact) mass is 270 g/mol. The summed E-state index contributed by atoms with van der Waals surface area (Å²) in [6, 6.07) is 0.806. The maximum absolute atomic E-state index is 13.6. The van der Waals surface area contributed by atoms with E-state index in [9.17, 15) is 8.78 Å². The smallest absolute Gasteiger partial charge is 0.252 e. The maximum atomic E-state index is 13.6. The van der Waals surface area contributed by atoms with Crippen molar-refractivity contribution in [2.45, 2.75) is 45.6 Å². The van der Waals surface area contributed by atoms with Gasteiger partial charge >= 0.3 is 0 Å². The highest BCUT2D eigenvalue weighted by molar-refractivity contribution is 5.39. The third-order valence-electron chi connectivity index (χ3n) is 3.70. The molecule has 0 spiro atoms. The first kappa shape index (κ1) is 14.0. The molecule has 1 fully saturated rings. The van der Waals surface area contributed by atoms with Crippen molar-refractivity contribution in [2.75, 3.05) is 12.4 Å². The Balaban J connectivity index is 2.07. The molecule has 0 aromatic carbocycles. The molecule has 0 aliphatic heterocycles. The van der Waals surface area contributed by atoms with Crippen molar-refractivity contribution < 1.29 is 13.5 Å². The topological polar surface area (TPSA) is 34.2 Å². The average Bonchev–Trinajstić information content (AvgIpc) is 2.35. The lowest BCUT2D eigenvalue weighted by molar-refractivity contribution is 0.0910. The normalized spacial score (nSPS) is 19.2. The molecule has 0 saturated heterocycles. The Hall–Kier alpha value is -1.39. The fourth-order valence-electron chi connectivity index (χ4n) is 2.36. The van der Waals surface area contributed by atoms with Gasteiger partial charge < -0.3 is 10.1 Å². The molecule has 2 rings (SSSR count). The second-order valence-electron chi connectivity index (χ2n) is 5.84. The third kappa shape index (κ3) is 3.33. The highest BCUT2D eigenvalue weighted by Crippen LogP contribution is 2.36. The molecule has 0 unspecified atom stereocenters. The Labute approximate surface area is 112 Å². The summed E-state index contributed by atoms with van der Waals surface area (Å²) >= 11 is 0. The molecule has 0 amide bonds. The summed E-state index contributed by atoms with van der Waals surface area (Å²) < 4.78 is 32.5. The Morgan fingerprint density at radius 3 is 2.47 bits per heavy atom. The Morgan fingerprint density at radius 1 is 1.26 bits per heavy atom. The van der Waals surface area contributed by atoms with Gasteiger partial charge in [-0.3, -0.25) is 0 Å². The van der Waals surface area contributed by atoms with E-state index in [1.54, 1.807) is 0 Å². The standard InChI is InChI=1S/C14H20F2N2O/c1-14(2)6-4-9(5-7-14)19-13-11(16)8-10(15)12(17-3)18-13/h8-9H,4-7H2,1-3H3,(H,17,18). The number of nitrogens with one attached hydrogen (secondary N) is 1. The van der Waals surface area contributed by atoms with E-state index in [2.05, 4.69) is 24.1 Å². The van der Waals surface area contributed by atoms with Crippen LogP contribution in [-0.2, 0) is 0 Å². The fourth-order valence-corrected chi connectivity index (χ4v) is 2.36. The van der Waals surface area contributed by atoms with Gasteiger partial charge in [0, 0.05) is 13.1 Å². The van der Waals surface area contributed by atoms with Crippen molar-refractivity contribution in [2.24, 2.45) is 5.41 Å². The van der Waals surface area contributed by atoms with Crippen molar-refractivity contribution >= 4 is 5.82 Å². The molecule has 1 aliphatic carbocycles. The highest BCUT2D eigenvalue weighted by atomic mass is 19.1. The van der Waals surface area contributed by atoms with Gasteiger partial charge in [-0.1, -0.05) is 13.8 Å². The number of ether oxygens (including phenoxy) is 1. The number of pyridine rings is 1. The van der Waals surface area contributed by atoms with Gasteiger partial charge in [0.15, 0.2) is 17.5 Å². The number of hydrogen-bond acceptors (Lipinski definition) is 3. The Morgan fingerprint density at radius 2 is 1.89 bits per heavy atom. The van der Waals surface area contributed by atoms with Crippen LogP contribution in [0.2, 0.25) is 0 Å². The molecular weight excluding hydrogens is 250 g/mol. The van der Waals surface area contributed by atoms with Gasteiger partial charge in [-0.2, -0.15) is 4.98 Å². The second kappa shape index (κ2) is 5.31. The van der Waals surface area contributed by atoms with Crippen molar-refractivity contribution in [3.63, 3.8) is 0 Å². The number of halogens is 2. The SMILES string of the molecule is CNc1nc(OC2CCC(C)(C)CC2)c(F)cc1F. The van der Waals surface area contributed by atoms with Gasteiger partial charge in [0.1, 0.15) is 6.10 Å². The van der Waals surface area contributed by atoms with E-state index in [0.29, 0.717) is 5.41 Å². The van der Waals surface area contributed by atoms with Gasteiger partial charge in [-0.25, -0.2) is 8.78 Å². The summed E-state index contributed by atoms with van der Waals surface area (Å²) in [6.45, 7) is 4.44. The second-order valence-corrected chi connectivity index (χ2v) is 5.84. The zero-order valence-corrected chi connectivity index (χ0v) is 11.6. The molecule has 1 saturated carbocycles. The molecule has 1 aromatic rings. The number of rotatable bonds is 3. The van der Waals surface area contributed by atoms with E-state index < -0.39 is 11.6 Å². The van der Waals surface area contributed by atoms with Crippen LogP contribution in [0.1, 0.15) is 39.5 Å². The van der Waals surface area contributed by atoms with E-state index in [4.69, 9.17) is 4.74 Å². The van der Waals surface area contributed by atoms with Crippen LogP contribution in [0, 0.1) is 17.0 Å². The summed E-state index contributed by atoms with van der Waals surface area (Å²) in [5.74, 6) is -1.57. The minimum absolute atomic E-state index is 0.00698. The van der Waals surface area contributed by atoms with E-state index >= 15 is 0 Å². The van der Waals surface area contributed by atoms with Gasteiger partial charge in [-0.15, -0.1) is 0 Å². The van der Waals surface area contributed by atoms with Crippen LogP contribution in [0.5, 0.6) is 5.88 Å². The molecule has 1 aliphatic rings. The molecule has 1 aromatic heterocycles. The third-order valence-corrected chi connectivity index (χ3v) is 3.70. The first-order valence-electron chi connectivity index (χ1n) is 6.62. The first-order chi connectivity index (χ1) is 8.91. The average molecular weight is 270 g/mol. The lowest BCUT2D eigenvalue weighted by atomic mass is 9.76. The summed E-state index contributed by atoms with van der Waals surface area (Å²) in [6.07, 6.45) is 3.80. The van der Waals surface area contributed by atoms with E-state index in [-0.39, 0.29) is 17.8 Å². The predicted molar refractivity (Wildman–Crippen MR) is 70.4 cm³/mol. The quantitative estimate of drug-likeness (QED) is 0.908. The van der Waals surface area contributed by atoms with Crippen molar-refractivity contribution in [3.8, 4) is 5.88 Å². The zero-order chi connectivity index (χ0) is 14.0. The minimum atomic E-state index is -0.749. The maximum Gasteiger partial charge on any atom is 0.252 e. The van der Waals surface area contributed by atoms with Crippen LogP contribution >= 0.6 is 0 Å². The van der Waals surface area contributed by atoms with Crippen LogP contribution in [0.3, 0.4) is 0 Å². The molecule has 1 heterocycles. The molecule has 1 N–H and O–H groups in total. The van der Waals surface area contributed by atoms with Crippen LogP contribution in [0.15, 0.2) is 6.07 Å². The minimum Gasteiger partial charge on any atom is -0.472 e. The number of nitrogens with zero attached hydrogens (tertiary/aromatic N) is 1. The Kier molecular flexibility index (Phi) is 3.92. The lowest BCUT2D eigenvalue weighted by Crippen LogP contribution is -2.29. The van der Waals surface area contributed by atoms with Crippen molar-refractivity contribution in [3.05, 3.63) is 17.7 Å². The van der Waals surface area contributed by atoms with Crippen LogP contribution in [0.25, 0.3) is 0 Å². The molecule has 0 bridgehead atoms. The van der Waals surface area contributed by atoms with Crippen molar-refractivity contribution in [1.82, 2.24) is 4.98 Å². The van der Waals surface area contributed by atoms with E-state index in [1.807, 2.05) is 0 Å². The van der Waals surface area contributed by atoms with E-state index in [1.165, 1.54) is 7.05 Å². The predicted octanol–water partition coefficient (Wildman–Crippen LogP) is 3.75. The number of hydrogen-bond donors (Lipinski definition) is 1. The molecule has 106 valence electrons. The van der Waals surface area contributed by atoms with E-state index in [0.717, 1.165) is 31.7 Å². The number of aromatic nitrogens is 1. The van der Waals surface area contributed by atoms with Crippen molar-refractivity contribution in [1.29, 1.82) is 0 Å². The number of anilines is 1. The zero-order valence-electron chi connectivity index (χ0n) is 11.6. The first-order valence-corrected chi connectivity index (χ1v) is 6.62. The van der Waals surface area contributed by atoms with Crippen LogP contribution < -0.4 is 10.1 Å². The molecular formula is C14H20F2N2O. The van der Waals surface area contributed by atoms with Gasteiger partial charge in [0.25, 0.3) is 5.88 Å². The summed E-state index contributed by atoms with van der Waals surface area (Å²) in [5.41, 5.74) is 0.324. The summed E-state index contributed by atoms with van der Waals surface area (Å²) in [4.78, 5) is 3.84.